The Balaban J connectivity index is 1.59. The van der Waals surface area contributed by atoms with Crippen molar-refractivity contribution in [3.63, 3.8) is 0 Å². The molecule has 3 aromatic rings. The summed E-state index contributed by atoms with van der Waals surface area (Å²) in [5, 5.41) is 12.4. The molecule has 0 radical (unpaired) electrons. The van der Waals surface area contributed by atoms with Crippen LogP contribution in [-0.2, 0) is 5.75 Å². The van der Waals surface area contributed by atoms with Crippen molar-refractivity contribution in [1.82, 2.24) is 10.2 Å². The fraction of sp³-hybridized carbons (Fsp3) is 0.0667. The van der Waals surface area contributed by atoms with Gasteiger partial charge in [-0.15, -0.1) is 10.2 Å². The van der Waals surface area contributed by atoms with Crippen LogP contribution < -0.4 is 5.32 Å². The van der Waals surface area contributed by atoms with Gasteiger partial charge in [-0.25, -0.2) is 0 Å². The van der Waals surface area contributed by atoms with E-state index in [-0.39, 0.29) is 0 Å². The molecule has 0 amide bonds. The van der Waals surface area contributed by atoms with Gasteiger partial charge >= 0.3 is 0 Å². The third-order valence-electron chi connectivity index (χ3n) is 2.71. The molecule has 106 valence electrons. The molecule has 0 atom stereocenters. The zero-order chi connectivity index (χ0) is 14.5. The highest BCUT2D eigenvalue weighted by Gasteiger charge is 2.05. The first-order valence-corrected chi connectivity index (χ1v) is 8.92. The van der Waals surface area contributed by atoms with Gasteiger partial charge in [0.2, 0.25) is 5.13 Å². The van der Waals surface area contributed by atoms with Gasteiger partial charge in [0, 0.05) is 15.9 Å². The number of hydrogen-bond acceptors (Lipinski definition) is 5. The third-order valence-corrected chi connectivity index (χ3v) is 5.28. The molecule has 0 aliphatic heterocycles. The van der Waals surface area contributed by atoms with Gasteiger partial charge in [0.05, 0.1) is 0 Å². The third kappa shape index (κ3) is 4.30. The monoisotopic (exact) mass is 377 g/mol. The normalized spacial score (nSPS) is 10.5. The maximum atomic E-state index is 4.20. The average Bonchev–Trinajstić information content (AvgIpc) is 2.95. The van der Waals surface area contributed by atoms with Crippen LogP contribution in [0.25, 0.3) is 0 Å². The Labute approximate surface area is 139 Å². The summed E-state index contributed by atoms with van der Waals surface area (Å²) in [6, 6.07) is 18.3. The van der Waals surface area contributed by atoms with E-state index in [1.54, 1.807) is 23.1 Å². The number of halogens is 1. The molecule has 0 bridgehead atoms. The number of hydrogen-bond donors (Lipinski definition) is 1. The summed E-state index contributed by atoms with van der Waals surface area (Å²) in [6.45, 7) is 0. The molecule has 3 rings (SSSR count). The van der Waals surface area contributed by atoms with Crippen LogP contribution >= 0.6 is 39.0 Å². The van der Waals surface area contributed by atoms with E-state index in [9.17, 15) is 0 Å². The van der Waals surface area contributed by atoms with Gasteiger partial charge in [-0.3, -0.25) is 0 Å². The zero-order valence-corrected chi connectivity index (χ0v) is 14.2. The molecular formula is C15H12BrN3S2. The van der Waals surface area contributed by atoms with Crippen molar-refractivity contribution in [3.8, 4) is 0 Å². The molecule has 0 fully saturated rings. The molecule has 0 unspecified atom stereocenters. The maximum Gasteiger partial charge on any atom is 0.210 e. The summed E-state index contributed by atoms with van der Waals surface area (Å²) in [4.78, 5) is 0. The van der Waals surface area contributed by atoms with Crippen molar-refractivity contribution in [1.29, 1.82) is 0 Å². The van der Waals surface area contributed by atoms with E-state index in [2.05, 4.69) is 55.7 Å². The predicted molar refractivity (Wildman–Crippen MR) is 93.3 cm³/mol. The van der Waals surface area contributed by atoms with Crippen LogP contribution in [0.5, 0.6) is 0 Å². The summed E-state index contributed by atoms with van der Waals surface area (Å²) >= 11 is 6.71. The lowest BCUT2D eigenvalue weighted by Crippen LogP contribution is -1.87. The van der Waals surface area contributed by atoms with Gasteiger partial charge in [0.25, 0.3) is 0 Å². The Bertz CT molecular complexity index is 698. The smallest absolute Gasteiger partial charge is 0.210 e. The molecule has 0 aliphatic rings. The Morgan fingerprint density at radius 2 is 1.76 bits per heavy atom. The minimum absolute atomic E-state index is 0.819. The van der Waals surface area contributed by atoms with Gasteiger partial charge in [0.1, 0.15) is 0 Å². The molecule has 3 nitrogen and oxygen atoms in total. The van der Waals surface area contributed by atoms with Crippen LogP contribution in [0.2, 0.25) is 0 Å². The van der Waals surface area contributed by atoms with Crippen LogP contribution in [-0.4, -0.2) is 10.2 Å². The first-order valence-electron chi connectivity index (χ1n) is 6.32. The number of thioether (sulfide) groups is 1. The van der Waals surface area contributed by atoms with Gasteiger partial charge < -0.3 is 5.32 Å². The fourth-order valence-electron chi connectivity index (χ4n) is 1.69. The van der Waals surface area contributed by atoms with Crippen molar-refractivity contribution in [2.45, 2.75) is 10.1 Å². The fourth-order valence-corrected chi connectivity index (χ4v) is 3.68. The summed E-state index contributed by atoms with van der Waals surface area (Å²) in [7, 11) is 0. The Morgan fingerprint density at radius 3 is 2.52 bits per heavy atom. The summed E-state index contributed by atoms with van der Waals surface area (Å²) in [6.07, 6.45) is 0. The largest absolute Gasteiger partial charge is 0.330 e. The molecular weight excluding hydrogens is 366 g/mol. The second kappa shape index (κ2) is 7.06. The lowest BCUT2D eigenvalue weighted by Gasteiger charge is -2.00. The topological polar surface area (TPSA) is 37.8 Å². The number of nitrogens with one attached hydrogen (secondary N) is 1. The van der Waals surface area contributed by atoms with Gasteiger partial charge in [-0.2, -0.15) is 0 Å². The zero-order valence-electron chi connectivity index (χ0n) is 11.0. The molecule has 0 aliphatic carbocycles. The second-order valence-corrected chi connectivity index (χ2v) is 7.39. The number of anilines is 2. The van der Waals surface area contributed by atoms with Crippen LogP contribution in [0.15, 0.2) is 63.4 Å². The van der Waals surface area contributed by atoms with Crippen molar-refractivity contribution in [3.05, 3.63) is 64.6 Å². The molecule has 1 N–H and O–H groups in total. The average molecular weight is 378 g/mol. The first-order chi connectivity index (χ1) is 10.3. The van der Waals surface area contributed by atoms with Crippen LogP contribution in [0.1, 0.15) is 5.56 Å². The molecule has 0 saturated heterocycles. The van der Waals surface area contributed by atoms with Crippen LogP contribution in [0.4, 0.5) is 10.8 Å². The van der Waals surface area contributed by atoms with Crippen molar-refractivity contribution >= 4 is 49.8 Å². The van der Waals surface area contributed by atoms with Crippen molar-refractivity contribution < 1.29 is 0 Å². The number of aromatic nitrogens is 2. The lowest BCUT2D eigenvalue weighted by atomic mass is 10.2. The van der Waals surface area contributed by atoms with Gasteiger partial charge in [-0.1, -0.05) is 69.4 Å². The Morgan fingerprint density at radius 1 is 1.00 bits per heavy atom. The van der Waals surface area contributed by atoms with E-state index in [1.165, 1.54) is 5.56 Å². The summed E-state index contributed by atoms with van der Waals surface area (Å²) in [5.41, 5.74) is 2.30. The quantitative estimate of drug-likeness (QED) is 0.609. The van der Waals surface area contributed by atoms with Crippen LogP contribution in [0, 0.1) is 0 Å². The minimum atomic E-state index is 0.819. The van der Waals surface area contributed by atoms with Crippen molar-refractivity contribution in [2.75, 3.05) is 5.32 Å². The molecule has 21 heavy (non-hydrogen) atoms. The van der Waals surface area contributed by atoms with Crippen LogP contribution in [0.3, 0.4) is 0 Å². The molecule has 1 aromatic heterocycles. The molecule has 2 aromatic carbocycles. The number of para-hydroxylation sites is 1. The highest BCUT2D eigenvalue weighted by molar-refractivity contribution is 9.10. The molecule has 0 saturated carbocycles. The number of benzene rings is 2. The predicted octanol–water partition coefficient (Wildman–Crippen LogP) is 5.34. The number of rotatable bonds is 5. The minimum Gasteiger partial charge on any atom is -0.330 e. The summed E-state index contributed by atoms with van der Waals surface area (Å²) < 4.78 is 2.07. The van der Waals surface area contributed by atoms with Gasteiger partial charge in [-0.05, 0) is 29.8 Å². The lowest BCUT2D eigenvalue weighted by molar-refractivity contribution is 1.01. The summed E-state index contributed by atoms with van der Waals surface area (Å²) in [5.74, 6) is 0.896. The van der Waals surface area contributed by atoms with E-state index in [0.717, 1.165) is 25.4 Å². The van der Waals surface area contributed by atoms with Gasteiger partial charge in [0.15, 0.2) is 4.34 Å². The highest BCUT2D eigenvalue weighted by Crippen LogP contribution is 2.30. The van der Waals surface area contributed by atoms with E-state index in [0.29, 0.717) is 0 Å². The van der Waals surface area contributed by atoms with E-state index in [1.807, 2.05) is 30.3 Å². The standard InChI is InChI=1S/C15H12BrN3S2/c16-12-8-6-11(7-9-12)10-20-15-19-18-14(21-15)17-13-4-2-1-3-5-13/h1-9H,10H2,(H,17,18). The number of nitrogens with zero attached hydrogens (tertiary/aromatic N) is 2. The molecule has 0 spiro atoms. The van der Waals surface area contributed by atoms with E-state index in [4.69, 9.17) is 0 Å². The molecule has 6 heteroatoms. The van der Waals surface area contributed by atoms with E-state index < -0.39 is 0 Å². The Hall–Kier alpha value is -1.37. The first kappa shape index (κ1) is 14.6. The SMILES string of the molecule is Brc1ccc(CSc2nnc(Nc3ccccc3)s2)cc1. The van der Waals surface area contributed by atoms with E-state index >= 15 is 0 Å². The second-order valence-electron chi connectivity index (χ2n) is 4.28. The van der Waals surface area contributed by atoms with Crippen molar-refractivity contribution in [2.24, 2.45) is 0 Å². The highest BCUT2D eigenvalue weighted by atomic mass is 79.9. The molecule has 1 heterocycles. The maximum absolute atomic E-state index is 4.20. The Kier molecular flexibility index (Phi) is 4.90.